The van der Waals surface area contributed by atoms with Crippen LogP contribution in [0.5, 0.6) is 0 Å². The summed E-state index contributed by atoms with van der Waals surface area (Å²) < 4.78 is 2.14. The summed E-state index contributed by atoms with van der Waals surface area (Å²) in [4.78, 5) is 4.20. The SMILES string of the molecule is C#CC(CCC)NC(CN)c1cncn1CCC. The summed E-state index contributed by atoms with van der Waals surface area (Å²) in [7, 11) is 0. The molecule has 4 heteroatoms. The zero-order valence-electron chi connectivity index (χ0n) is 11.4. The van der Waals surface area contributed by atoms with Crippen LogP contribution in [0.3, 0.4) is 0 Å². The van der Waals surface area contributed by atoms with Crippen molar-refractivity contribution in [2.45, 2.75) is 51.7 Å². The molecule has 0 amide bonds. The Kier molecular flexibility index (Phi) is 6.48. The molecule has 1 heterocycles. The first-order valence-corrected chi connectivity index (χ1v) is 6.69. The normalized spacial score (nSPS) is 14.1. The number of aryl methyl sites for hydroxylation is 1. The van der Waals surface area contributed by atoms with Crippen molar-refractivity contribution in [1.82, 2.24) is 14.9 Å². The van der Waals surface area contributed by atoms with E-state index < -0.39 is 0 Å². The highest BCUT2D eigenvalue weighted by Gasteiger charge is 2.17. The molecule has 2 atom stereocenters. The van der Waals surface area contributed by atoms with E-state index in [9.17, 15) is 0 Å². The van der Waals surface area contributed by atoms with Crippen LogP contribution in [0.25, 0.3) is 0 Å². The summed E-state index contributed by atoms with van der Waals surface area (Å²) in [6.07, 6.45) is 12.4. The maximum absolute atomic E-state index is 5.86. The van der Waals surface area contributed by atoms with Gasteiger partial charge in [-0.25, -0.2) is 4.98 Å². The lowest BCUT2D eigenvalue weighted by atomic mass is 10.1. The summed E-state index contributed by atoms with van der Waals surface area (Å²) in [6.45, 7) is 5.76. The lowest BCUT2D eigenvalue weighted by Gasteiger charge is -2.22. The molecule has 0 radical (unpaired) electrons. The Morgan fingerprint density at radius 3 is 2.83 bits per heavy atom. The summed E-state index contributed by atoms with van der Waals surface area (Å²) >= 11 is 0. The molecule has 0 aromatic carbocycles. The zero-order chi connectivity index (χ0) is 13.4. The molecule has 100 valence electrons. The predicted octanol–water partition coefficient (Wildman–Crippen LogP) is 1.68. The minimum atomic E-state index is 0.0756. The molecule has 3 N–H and O–H groups in total. The monoisotopic (exact) mass is 248 g/mol. The Hall–Kier alpha value is -1.31. The number of terminal acetylenes is 1. The second kappa shape index (κ2) is 7.91. The van der Waals surface area contributed by atoms with Crippen molar-refractivity contribution in [2.24, 2.45) is 5.73 Å². The van der Waals surface area contributed by atoms with Crippen LogP contribution >= 0.6 is 0 Å². The Balaban J connectivity index is 2.76. The zero-order valence-corrected chi connectivity index (χ0v) is 11.4. The maximum atomic E-state index is 5.86. The van der Waals surface area contributed by atoms with Gasteiger partial charge in [0.05, 0.1) is 24.1 Å². The number of hydrogen-bond donors (Lipinski definition) is 2. The average molecular weight is 248 g/mol. The minimum absolute atomic E-state index is 0.0756. The highest BCUT2D eigenvalue weighted by Crippen LogP contribution is 2.14. The number of aromatic nitrogens is 2. The first kappa shape index (κ1) is 14.7. The molecule has 2 unspecified atom stereocenters. The van der Waals surface area contributed by atoms with Crippen LogP contribution in [0.1, 0.15) is 44.8 Å². The van der Waals surface area contributed by atoms with E-state index >= 15 is 0 Å². The predicted molar refractivity (Wildman–Crippen MR) is 75.0 cm³/mol. The number of nitrogens with one attached hydrogen (secondary N) is 1. The minimum Gasteiger partial charge on any atom is -0.333 e. The van der Waals surface area contributed by atoms with E-state index in [1.807, 2.05) is 12.5 Å². The third kappa shape index (κ3) is 3.86. The number of imidazole rings is 1. The molecular formula is C14H24N4. The molecule has 0 aliphatic heterocycles. The van der Waals surface area contributed by atoms with Gasteiger partial charge in [0.1, 0.15) is 0 Å². The Labute approximate surface area is 110 Å². The van der Waals surface area contributed by atoms with Gasteiger partial charge in [-0.3, -0.25) is 5.32 Å². The fourth-order valence-corrected chi connectivity index (χ4v) is 2.07. The smallest absolute Gasteiger partial charge is 0.0948 e. The number of nitrogens with zero attached hydrogens (tertiary/aromatic N) is 2. The highest BCUT2D eigenvalue weighted by atomic mass is 15.1. The average Bonchev–Trinajstić information content (AvgIpc) is 2.83. The van der Waals surface area contributed by atoms with Gasteiger partial charge in [0.2, 0.25) is 0 Å². The Bertz CT molecular complexity index is 377. The van der Waals surface area contributed by atoms with Crippen molar-refractivity contribution < 1.29 is 0 Å². The summed E-state index contributed by atoms with van der Waals surface area (Å²) in [5.74, 6) is 2.78. The molecule has 1 rings (SSSR count). The van der Waals surface area contributed by atoms with Crippen molar-refractivity contribution in [3.8, 4) is 12.3 Å². The summed E-state index contributed by atoms with van der Waals surface area (Å²) in [5, 5.41) is 3.43. The van der Waals surface area contributed by atoms with Gasteiger partial charge in [0, 0.05) is 19.3 Å². The Morgan fingerprint density at radius 2 is 2.28 bits per heavy atom. The van der Waals surface area contributed by atoms with Crippen molar-refractivity contribution in [1.29, 1.82) is 0 Å². The number of nitrogens with two attached hydrogens (primary N) is 1. The van der Waals surface area contributed by atoms with E-state index in [-0.39, 0.29) is 12.1 Å². The molecule has 0 saturated carbocycles. The van der Waals surface area contributed by atoms with Crippen molar-refractivity contribution in [2.75, 3.05) is 6.54 Å². The van der Waals surface area contributed by atoms with Gasteiger partial charge in [-0.05, 0) is 12.8 Å². The number of hydrogen-bond acceptors (Lipinski definition) is 3. The fraction of sp³-hybridized carbons (Fsp3) is 0.643. The fourth-order valence-electron chi connectivity index (χ4n) is 2.07. The molecule has 0 fully saturated rings. The van der Waals surface area contributed by atoms with E-state index in [2.05, 4.69) is 34.6 Å². The molecule has 1 aromatic heterocycles. The van der Waals surface area contributed by atoms with Crippen LogP contribution in [-0.4, -0.2) is 22.1 Å². The quantitative estimate of drug-likeness (QED) is 0.688. The highest BCUT2D eigenvalue weighted by molar-refractivity contribution is 5.09. The van der Waals surface area contributed by atoms with E-state index in [0.717, 1.165) is 31.5 Å². The van der Waals surface area contributed by atoms with E-state index in [0.29, 0.717) is 6.54 Å². The second-order valence-electron chi connectivity index (χ2n) is 4.47. The first-order valence-electron chi connectivity index (χ1n) is 6.69. The summed E-state index contributed by atoms with van der Waals surface area (Å²) in [5.41, 5.74) is 6.98. The van der Waals surface area contributed by atoms with Crippen LogP contribution < -0.4 is 11.1 Å². The molecule has 0 saturated heterocycles. The molecule has 18 heavy (non-hydrogen) atoms. The lowest BCUT2D eigenvalue weighted by Crippen LogP contribution is -2.37. The van der Waals surface area contributed by atoms with Crippen LogP contribution in [-0.2, 0) is 6.54 Å². The maximum Gasteiger partial charge on any atom is 0.0948 e. The molecule has 0 aliphatic carbocycles. The van der Waals surface area contributed by atoms with E-state index in [4.69, 9.17) is 12.2 Å². The van der Waals surface area contributed by atoms with E-state index in [1.165, 1.54) is 0 Å². The van der Waals surface area contributed by atoms with E-state index in [1.54, 1.807) is 0 Å². The lowest BCUT2D eigenvalue weighted by molar-refractivity contribution is 0.450. The van der Waals surface area contributed by atoms with Crippen LogP contribution in [0.15, 0.2) is 12.5 Å². The van der Waals surface area contributed by atoms with Crippen molar-refractivity contribution in [3.05, 3.63) is 18.2 Å². The van der Waals surface area contributed by atoms with Crippen LogP contribution in [0.2, 0.25) is 0 Å². The van der Waals surface area contributed by atoms with Crippen molar-refractivity contribution >= 4 is 0 Å². The molecular weight excluding hydrogens is 224 g/mol. The van der Waals surface area contributed by atoms with Gasteiger partial charge in [0.25, 0.3) is 0 Å². The number of rotatable bonds is 8. The van der Waals surface area contributed by atoms with Crippen LogP contribution in [0.4, 0.5) is 0 Å². The third-order valence-corrected chi connectivity index (χ3v) is 2.98. The standard InChI is InChI=1S/C14H24N4/c1-4-7-12(6-3)17-13(9-15)14-10-16-11-18(14)8-5-2/h3,10-13,17H,4-5,7-9,15H2,1-2H3. The van der Waals surface area contributed by atoms with Gasteiger partial charge in [0.15, 0.2) is 0 Å². The molecule has 4 nitrogen and oxygen atoms in total. The molecule has 0 spiro atoms. The van der Waals surface area contributed by atoms with Crippen molar-refractivity contribution in [3.63, 3.8) is 0 Å². The van der Waals surface area contributed by atoms with Gasteiger partial charge in [-0.2, -0.15) is 0 Å². The topological polar surface area (TPSA) is 55.9 Å². The summed E-state index contributed by atoms with van der Waals surface area (Å²) in [6, 6.07) is 0.153. The molecule has 0 aliphatic rings. The first-order chi connectivity index (χ1) is 8.76. The molecule has 1 aromatic rings. The van der Waals surface area contributed by atoms with Crippen LogP contribution in [0, 0.1) is 12.3 Å². The second-order valence-corrected chi connectivity index (χ2v) is 4.47. The van der Waals surface area contributed by atoms with Gasteiger partial charge >= 0.3 is 0 Å². The Morgan fingerprint density at radius 1 is 1.50 bits per heavy atom. The largest absolute Gasteiger partial charge is 0.333 e. The third-order valence-electron chi connectivity index (χ3n) is 2.98. The molecule has 0 bridgehead atoms. The van der Waals surface area contributed by atoms with Gasteiger partial charge in [-0.1, -0.05) is 26.2 Å². The van der Waals surface area contributed by atoms with Gasteiger partial charge in [-0.15, -0.1) is 6.42 Å². The van der Waals surface area contributed by atoms with Gasteiger partial charge < -0.3 is 10.3 Å².